The van der Waals surface area contributed by atoms with Gasteiger partial charge in [-0.15, -0.1) is 0 Å². The highest BCUT2D eigenvalue weighted by Crippen LogP contribution is 2.32. The van der Waals surface area contributed by atoms with Gasteiger partial charge < -0.3 is 4.90 Å². The second kappa shape index (κ2) is 6.00. The Morgan fingerprint density at radius 3 is 2.70 bits per heavy atom. The molecule has 0 unspecified atom stereocenters. The molecule has 0 radical (unpaired) electrons. The van der Waals surface area contributed by atoms with E-state index in [-0.39, 0.29) is 5.91 Å². The molecule has 0 aliphatic heterocycles. The van der Waals surface area contributed by atoms with Crippen LogP contribution in [0.15, 0.2) is 44.0 Å². The molecule has 1 fully saturated rings. The highest BCUT2D eigenvalue weighted by Gasteiger charge is 2.33. The normalized spacial score (nSPS) is 14.3. The highest BCUT2D eigenvalue weighted by molar-refractivity contribution is 9.11. The summed E-state index contributed by atoms with van der Waals surface area (Å²) in [7, 11) is 0. The zero-order chi connectivity index (χ0) is 14.1. The predicted molar refractivity (Wildman–Crippen MR) is 89.1 cm³/mol. The minimum Gasteiger partial charge on any atom is -0.331 e. The molecule has 1 heterocycles. The van der Waals surface area contributed by atoms with Gasteiger partial charge in [-0.1, -0.05) is 15.9 Å². The summed E-state index contributed by atoms with van der Waals surface area (Å²) >= 11 is 8.58. The van der Waals surface area contributed by atoms with Crippen LogP contribution < -0.4 is 0 Å². The first kappa shape index (κ1) is 14.3. The molecule has 0 saturated heterocycles. The first-order valence-corrected chi connectivity index (χ1v) is 8.95. The van der Waals surface area contributed by atoms with Crippen molar-refractivity contribution in [2.75, 3.05) is 0 Å². The predicted octanol–water partition coefficient (Wildman–Crippen LogP) is 5.08. The van der Waals surface area contributed by atoms with Gasteiger partial charge in [0.1, 0.15) is 0 Å². The van der Waals surface area contributed by atoms with E-state index in [1.54, 1.807) is 11.3 Å². The summed E-state index contributed by atoms with van der Waals surface area (Å²) in [6.45, 7) is 0.704. The van der Waals surface area contributed by atoms with Gasteiger partial charge in [-0.3, -0.25) is 4.79 Å². The molecule has 2 aromatic rings. The van der Waals surface area contributed by atoms with Crippen molar-refractivity contribution >= 4 is 49.1 Å². The first-order chi connectivity index (χ1) is 9.65. The number of carbonyl (C=O) groups is 1. The number of hydrogen-bond acceptors (Lipinski definition) is 2. The van der Waals surface area contributed by atoms with E-state index < -0.39 is 0 Å². The molecule has 1 saturated carbocycles. The van der Waals surface area contributed by atoms with Crippen LogP contribution in [0.25, 0.3) is 0 Å². The smallest absolute Gasteiger partial charge is 0.255 e. The maximum atomic E-state index is 12.8. The summed E-state index contributed by atoms with van der Waals surface area (Å²) in [4.78, 5) is 14.8. The van der Waals surface area contributed by atoms with Crippen LogP contribution in [0, 0.1) is 0 Å². The van der Waals surface area contributed by atoms with E-state index in [1.807, 2.05) is 23.1 Å². The van der Waals surface area contributed by atoms with Crippen molar-refractivity contribution in [3.05, 3.63) is 55.1 Å². The number of nitrogens with zero attached hydrogens (tertiary/aromatic N) is 1. The molecule has 0 atom stereocenters. The minimum atomic E-state index is 0.109. The van der Waals surface area contributed by atoms with E-state index >= 15 is 0 Å². The molecule has 3 rings (SSSR count). The van der Waals surface area contributed by atoms with Crippen molar-refractivity contribution < 1.29 is 4.79 Å². The van der Waals surface area contributed by atoms with Crippen molar-refractivity contribution in [2.24, 2.45) is 0 Å². The second-order valence-corrected chi connectivity index (χ2v) is 7.47. The molecular formula is C15H13Br2NOS. The van der Waals surface area contributed by atoms with Gasteiger partial charge in [0, 0.05) is 21.5 Å². The summed E-state index contributed by atoms with van der Waals surface area (Å²) in [5, 5.41) is 4.17. The standard InChI is InChI=1S/C15H13Br2NOS/c16-11-1-4-13(14(17)7-11)15(19)18(12-2-3-12)8-10-5-6-20-9-10/h1,4-7,9,12H,2-3,8H2. The number of carbonyl (C=O) groups excluding carboxylic acids is 1. The summed E-state index contributed by atoms with van der Waals surface area (Å²) in [5.74, 6) is 0.109. The van der Waals surface area contributed by atoms with Crippen molar-refractivity contribution in [2.45, 2.75) is 25.4 Å². The number of benzene rings is 1. The topological polar surface area (TPSA) is 20.3 Å². The van der Waals surface area contributed by atoms with Crippen LogP contribution in [0.1, 0.15) is 28.8 Å². The Hall–Kier alpha value is -0.650. The van der Waals surface area contributed by atoms with Crippen LogP contribution >= 0.6 is 43.2 Å². The van der Waals surface area contributed by atoms with E-state index in [0.717, 1.165) is 27.4 Å². The van der Waals surface area contributed by atoms with Crippen LogP contribution in [0.5, 0.6) is 0 Å². The lowest BCUT2D eigenvalue weighted by Gasteiger charge is -2.22. The molecular weight excluding hydrogens is 402 g/mol. The highest BCUT2D eigenvalue weighted by atomic mass is 79.9. The third-order valence-electron chi connectivity index (χ3n) is 3.34. The van der Waals surface area contributed by atoms with Gasteiger partial charge in [-0.25, -0.2) is 0 Å². The third-order valence-corrected chi connectivity index (χ3v) is 5.22. The lowest BCUT2D eigenvalue weighted by atomic mass is 10.2. The van der Waals surface area contributed by atoms with Crippen LogP contribution in [-0.4, -0.2) is 16.8 Å². The quantitative estimate of drug-likeness (QED) is 0.683. The fraction of sp³-hybridized carbons (Fsp3) is 0.267. The summed E-state index contributed by atoms with van der Waals surface area (Å²) < 4.78 is 1.81. The average Bonchev–Trinajstić information content (AvgIpc) is 3.12. The molecule has 5 heteroatoms. The van der Waals surface area contributed by atoms with E-state index in [0.29, 0.717) is 12.6 Å². The van der Waals surface area contributed by atoms with Gasteiger partial charge in [0.2, 0.25) is 0 Å². The minimum absolute atomic E-state index is 0.109. The maximum Gasteiger partial charge on any atom is 0.255 e. The van der Waals surface area contributed by atoms with Gasteiger partial charge in [0.15, 0.2) is 0 Å². The molecule has 2 nitrogen and oxygen atoms in total. The Balaban J connectivity index is 1.85. The largest absolute Gasteiger partial charge is 0.331 e. The van der Waals surface area contributed by atoms with Crippen molar-refractivity contribution in [1.29, 1.82) is 0 Å². The Bertz CT molecular complexity index is 623. The van der Waals surface area contributed by atoms with E-state index in [1.165, 1.54) is 5.56 Å². The van der Waals surface area contributed by atoms with Gasteiger partial charge in [0.25, 0.3) is 5.91 Å². The van der Waals surface area contributed by atoms with Crippen LogP contribution in [0.2, 0.25) is 0 Å². The third kappa shape index (κ3) is 3.15. The zero-order valence-corrected chi connectivity index (χ0v) is 14.7. The number of thiophene rings is 1. The molecule has 1 amide bonds. The molecule has 104 valence electrons. The Morgan fingerprint density at radius 2 is 2.10 bits per heavy atom. The molecule has 0 spiro atoms. The second-order valence-electron chi connectivity index (χ2n) is 4.92. The molecule has 20 heavy (non-hydrogen) atoms. The number of halogens is 2. The molecule has 0 N–H and O–H groups in total. The van der Waals surface area contributed by atoms with Crippen LogP contribution in [0.4, 0.5) is 0 Å². The van der Waals surface area contributed by atoms with E-state index in [4.69, 9.17) is 0 Å². The average molecular weight is 415 g/mol. The van der Waals surface area contributed by atoms with Gasteiger partial charge in [0.05, 0.1) is 5.56 Å². The first-order valence-electron chi connectivity index (χ1n) is 6.42. The molecule has 1 aliphatic carbocycles. The molecule has 1 aromatic heterocycles. The van der Waals surface area contributed by atoms with E-state index in [9.17, 15) is 4.79 Å². The van der Waals surface area contributed by atoms with Gasteiger partial charge in [-0.2, -0.15) is 11.3 Å². The molecule has 1 aromatic carbocycles. The molecule has 0 bridgehead atoms. The van der Waals surface area contributed by atoms with Gasteiger partial charge in [-0.05, 0) is 69.4 Å². The van der Waals surface area contributed by atoms with Gasteiger partial charge >= 0.3 is 0 Å². The lowest BCUT2D eigenvalue weighted by Crippen LogP contribution is -2.32. The summed E-state index contributed by atoms with van der Waals surface area (Å²) in [6, 6.07) is 8.19. The van der Waals surface area contributed by atoms with Crippen molar-refractivity contribution in [3.63, 3.8) is 0 Å². The fourth-order valence-corrected chi connectivity index (χ4v) is 4.03. The SMILES string of the molecule is O=C(c1ccc(Br)cc1Br)N(Cc1ccsc1)C1CC1. The van der Waals surface area contributed by atoms with Crippen molar-refractivity contribution in [1.82, 2.24) is 4.90 Å². The number of hydrogen-bond donors (Lipinski definition) is 0. The Kier molecular flexibility index (Phi) is 4.29. The van der Waals surface area contributed by atoms with Crippen molar-refractivity contribution in [3.8, 4) is 0 Å². The fourth-order valence-electron chi connectivity index (χ4n) is 2.15. The van der Waals surface area contributed by atoms with Crippen LogP contribution in [-0.2, 0) is 6.54 Å². The summed E-state index contributed by atoms with van der Waals surface area (Å²) in [5.41, 5.74) is 1.94. The molecule has 1 aliphatic rings. The zero-order valence-electron chi connectivity index (χ0n) is 10.7. The number of rotatable bonds is 4. The lowest BCUT2D eigenvalue weighted by molar-refractivity contribution is 0.0729. The van der Waals surface area contributed by atoms with E-state index in [2.05, 4.69) is 48.7 Å². The maximum absolute atomic E-state index is 12.8. The Labute approximate surface area is 139 Å². The summed E-state index contributed by atoms with van der Waals surface area (Å²) in [6.07, 6.45) is 2.23. The van der Waals surface area contributed by atoms with Crippen LogP contribution in [0.3, 0.4) is 0 Å². The Morgan fingerprint density at radius 1 is 1.30 bits per heavy atom. The monoisotopic (exact) mass is 413 g/mol. The number of amides is 1.